The van der Waals surface area contributed by atoms with Crippen molar-refractivity contribution in [3.05, 3.63) is 40.3 Å². The number of hydrogen-bond donors (Lipinski definition) is 2. The third kappa shape index (κ3) is 2.50. The number of fused-ring (bicyclic) bond motifs is 1. The van der Waals surface area contributed by atoms with Crippen LogP contribution in [0.15, 0.2) is 29.6 Å². The number of hydrogen-bond acceptors (Lipinski definition) is 6. The van der Waals surface area contributed by atoms with E-state index in [1.54, 1.807) is 15.9 Å². The van der Waals surface area contributed by atoms with Crippen molar-refractivity contribution in [2.24, 2.45) is 0 Å². The van der Waals surface area contributed by atoms with E-state index < -0.39 is 0 Å². The number of nitrogens with zero attached hydrogens (tertiary/aromatic N) is 4. The van der Waals surface area contributed by atoms with Crippen molar-refractivity contribution in [1.82, 2.24) is 19.8 Å². The molecule has 3 aromatic rings. The highest BCUT2D eigenvalue weighted by atomic mass is 32.1. The average molecular weight is 289 g/mol. The Hall–Kier alpha value is -1.99. The molecule has 0 radical (unpaired) electrons. The van der Waals surface area contributed by atoms with E-state index in [4.69, 9.17) is 0 Å². The second-order valence-corrected chi connectivity index (χ2v) is 5.44. The first-order valence-electron chi connectivity index (χ1n) is 6.38. The Morgan fingerprint density at radius 1 is 1.35 bits per heavy atom. The van der Waals surface area contributed by atoms with Gasteiger partial charge in [-0.25, -0.2) is 0 Å². The van der Waals surface area contributed by atoms with Crippen molar-refractivity contribution in [3.8, 4) is 0 Å². The van der Waals surface area contributed by atoms with Crippen LogP contribution in [0.5, 0.6) is 0 Å². The second-order valence-electron chi connectivity index (χ2n) is 4.46. The standard InChI is InChI=1S/C13H15N5OS/c1-9-15-16-13-5-4-12(17-18(9)13)14-10(6-7-19)11-3-2-8-20-11/h2-5,8,10,19H,6-7H2,1H3,(H,14,17)/t10-/m1/s1. The normalized spacial score (nSPS) is 12.7. The molecule has 104 valence electrons. The molecule has 6 nitrogen and oxygen atoms in total. The first-order chi connectivity index (χ1) is 9.78. The molecule has 0 saturated carbocycles. The fourth-order valence-corrected chi connectivity index (χ4v) is 2.87. The van der Waals surface area contributed by atoms with Gasteiger partial charge in [0.25, 0.3) is 0 Å². The highest BCUT2D eigenvalue weighted by molar-refractivity contribution is 7.10. The number of aliphatic hydroxyl groups excluding tert-OH is 1. The van der Waals surface area contributed by atoms with Crippen LogP contribution in [0.25, 0.3) is 5.65 Å². The Bertz CT molecular complexity index is 694. The molecule has 3 aromatic heterocycles. The largest absolute Gasteiger partial charge is 0.396 e. The Kier molecular flexibility index (Phi) is 3.62. The lowest BCUT2D eigenvalue weighted by Gasteiger charge is -2.16. The quantitative estimate of drug-likeness (QED) is 0.751. The summed E-state index contributed by atoms with van der Waals surface area (Å²) in [5.41, 5.74) is 0.725. The van der Waals surface area contributed by atoms with E-state index in [1.165, 1.54) is 4.88 Å². The Balaban J connectivity index is 1.88. The zero-order chi connectivity index (χ0) is 13.9. The van der Waals surface area contributed by atoms with Crippen LogP contribution < -0.4 is 5.32 Å². The van der Waals surface area contributed by atoms with Crippen LogP contribution >= 0.6 is 11.3 Å². The summed E-state index contributed by atoms with van der Waals surface area (Å²) in [6, 6.07) is 7.87. The summed E-state index contributed by atoms with van der Waals surface area (Å²) in [6.07, 6.45) is 0.640. The number of anilines is 1. The van der Waals surface area contributed by atoms with Gasteiger partial charge in [0.15, 0.2) is 11.5 Å². The predicted octanol–water partition coefficient (Wildman–Crippen LogP) is 2.03. The summed E-state index contributed by atoms with van der Waals surface area (Å²) in [6.45, 7) is 1.99. The molecule has 0 spiro atoms. The van der Waals surface area contributed by atoms with Gasteiger partial charge in [-0.15, -0.1) is 26.6 Å². The second kappa shape index (κ2) is 5.56. The Morgan fingerprint density at radius 3 is 3.00 bits per heavy atom. The number of rotatable bonds is 5. The lowest BCUT2D eigenvalue weighted by atomic mass is 10.2. The van der Waals surface area contributed by atoms with E-state index in [9.17, 15) is 5.11 Å². The minimum absolute atomic E-state index is 0.0572. The van der Waals surface area contributed by atoms with Crippen LogP contribution in [0.2, 0.25) is 0 Å². The highest BCUT2D eigenvalue weighted by Crippen LogP contribution is 2.25. The summed E-state index contributed by atoms with van der Waals surface area (Å²) in [5.74, 6) is 1.49. The molecule has 0 aliphatic heterocycles. The lowest BCUT2D eigenvalue weighted by Crippen LogP contribution is -2.13. The first-order valence-corrected chi connectivity index (χ1v) is 7.26. The molecule has 3 rings (SSSR count). The summed E-state index contributed by atoms with van der Waals surface area (Å²) in [5, 5.41) is 27.1. The molecule has 2 N–H and O–H groups in total. The van der Waals surface area contributed by atoms with Gasteiger partial charge in [-0.3, -0.25) is 0 Å². The van der Waals surface area contributed by atoms with E-state index in [0.29, 0.717) is 6.42 Å². The molecule has 0 bridgehead atoms. The van der Waals surface area contributed by atoms with Crippen molar-refractivity contribution in [2.45, 2.75) is 19.4 Å². The van der Waals surface area contributed by atoms with Gasteiger partial charge in [0.1, 0.15) is 5.82 Å². The Labute approximate surface area is 120 Å². The summed E-state index contributed by atoms with van der Waals surface area (Å²) in [7, 11) is 0. The van der Waals surface area contributed by atoms with Gasteiger partial charge in [0.05, 0.1) is 6.04 Å². The van der Waals surface area contributed by atoms with E-state index in [1.807, 2.05) is 30.5 Å². The molecular formula is C13H15N5OS. The van der Waals surface area contributed by atoms with E-state index in [0.717, 1.165) is 17.3 Å². The maximum absolute atomic E-state index is 9.22. The number of aliphatic hydroxyl groups is 1. The van der Waals surface area contributed by atoms with Crippen molar-refractivity contribution < 1.29 is 5.11 Å². The minimum atomic E-state index is 0.0572. The average Bonchev–Trinajstić information content (AvgIpc) is 3.09. The molecule has 20 heavy (non-hydrogen) atoms. The van der Waals surface area contributed by atoms with Crippen LogP contribution in [-0.4, -0.2) is 31.5 Å². The van der Waals surface area contributed by atoms with Gasteiger partial charge in [-0.05, 0) is 36.9 Å². The van der Waals surface area contributed by atoms with Crippen LogP contribution in [0, 0.1) is 6.92 Å². The zero-order valence-corrected chi connectivity index (χ0v) is 11.8. The summed E-state index contributed by atoms with van der Waals surface area (Å²) < 4.78 is 1.70. The predicted molar refractivity (Wildman–Crippen MR) is 77.9 cm³/mol. The molecule has 0 amide bonds. The van der Waals surface area contributed by atoms with Gasteiger partial charge in [0, 0.05) is 11.5 Å². The number of aryl methyl sites for hydroxylation is 1. The summed E-state index contributed by atoms with van der Waals surface area (Å²) in [4.78, 5) is 1.18. The Morgan fingerprint density at radius 2 is 2.25 bits per heavy atom. The molecule has 0 saturated heterocycles. The smallest absolute Gasteiger partial charge is 0.178 e. The molecular weight excluding hydrogens is 274 g/mol. The van der Waals surface area contributed by atoms with E-state index >= 15 is 0 Å². The van der Waals surface area contributed by atoms with Crippen molar-refractivity contribution in [2.75, 3.05) is 11.9 Å². The minimum Gasteiger partial charge on any atom is -0.396 e. The molecule has 0 aromatic carbocycles. The molecule has 0 fully saturated rings. The van der Waals surface area contributed by atoms with Gasteiger partial charge in [0.2, 0.25) is 0 Å². The lowest BCUT2D eigenvalue weighted by molar-refractivity contribution is 0.280. The first kappa shape index (κ1) is 13.0. The fraction of sp³-hybridized carbons (Fsp3) is 0.308. The van der Waals surface area contributed by atoms with Crippen LogP contribution in [0.1, 0.15) is 23.2 Å². The van der Waals surface area contributed by atoms with Crippen LogP contribution in [0.3, 0.4) is 0 Å². The third-order valence-corrected chi connectivity index (χ3v) is 4.03. The van der Waals surface area contributed by atoms with Crippen molar-refractivity contribution in [1.29, 1.82) is 0 Å². The molecule has 1 atom stereocenters. The molecule has 0 aliphatic carbocycles. The third-order valence-electron chi connectivity index (χ3n) is 3.05. The van der Waals surface area contributed by atoms with Gasteiger partial charge < -0.3 is 10.4 Å². The van der Waals surface area contributed by atoms with Crippen LogP contribution in [0.4, 0.5) is 5.82 Å². The summed E-state index contributed by atoms with van der Waals surface area (Å²) >= 11 is 1.67. The molecule has 0 unspecified atom stereocenters. The fourth-order valence-electron chi connectivity index (χ4n) is 2.06. The highest BCUT2D eigenvalue weighted by Gasteiger charge is 2.13. The number of nitrogens with one attached hydrogen (secondary N) is 1. The van der Waals surface area contributed by atoms with Crippen LogP contribution in [-0.2, 0) is 0 Å². The molecule has 7 heteroatoms. The van der Waals surface area contributed by atoms with Crippen molar-refractivity contribution >= 4 is 22.8 Å². The number of aromatic nitrogens is 4. The monoisotopic (exact) mass is 289 g/mol. The number of thiophene rings is 1. The SMILES string of the molecule is Cc1nnc2ccc(N[C@H](CCO)c3cccs3)nn12. The van der Waals surface area contributed by atoms with E-state index in [2.05, 4.69) is 26.7 Å². The maximum atomic E-state index is 9.22. The van der Waals surface area contributed by atoms with Gasteiger partial charge >= 0.3 is 0 Å². The maximum Gasteiger partial charge on any atom is 0.178 e. The topological polar surface area (TPSA) is 75.3 Å². The molecule has 0 aliphatic rings. The van der Waals surface area contributed by atoms with Gasteiger partial charge in [-0.2, -0.15) is 4.52 Å². The van der Waals surface area contributed by atoms with Gasteiger partial charge in [-0.1, -0.05) is 6.07 Å². The zero-order valence-electron chi connectivity index (χ0n) is 11.0. The van der Waals surface area contributed by atoms with Crippen molar-refractivity contribution in [3.63, 3.8) is 0 Å². The molecule has 3 heterocycles. The van der Waals surface area contributed by atoms with E-state index in [-0.39, 0.29) is 12.6 Å².